The molecular weight excluding hydrogens is 296 g/mol. The molecule has 122 valence electrons. The van der Waals surface area contributed by atoms with Crippen molar-refractivity contribution in [2.24, 2.45) is 0 Å². The summed E-state index contributed by atoms with van der Waals surface area (Å²) in [5.41, 5.74) is 2.49. The highest BCUT2D eigenvalue weighted by Gasteiger charge is 2.08. The first-order valence-corrected chi connectivity index (χ1v) is 8.25. The van der Waals surface area contributed by atoms with Gasteiger partial charge in [0.05, 0.1) is 0 Å². The van der Waals surface area contributed by atoms with Crippen molar-refractivity contribution in [3.63, 3.8) is 0 Å². The van der Waals surface area contributed by atoms with E-state index in [1.165, 1.54) is 11.1 Å². The van der Waals surface area contributed by atoms with Gasteiger partial charge in [0, 0.05) is 25.8 Å². The van der Waals surface area contributed by atoms with Crippen LogP contribution in [0.15, 0.2) is 72.9 Å². The maximum atomic E-state index is 4.66. The molecule has 2 aromatic carbocycles. The molecule has 0 unspecified atom stereocenters. The third-order valence-corrected chi connectivity index (χ3v) is 3.86. The first kappa shape index (κ1) is 16.0. The average molecular weight is 318 g/mol. The van der Waals surface area contributed by atoms with Crippen LogP contribution in [0.25, 0.3) is 0 Å². The Morgan fingerprint density at radius 3 is 2.21 bits per heavy atom. The van der Waals surface area contributed by atoms with Crippen LogP contribution in [0, 0.1) is 0 Å². The van der Waals surface area contributed by atoms with Crippen molar-refractivity contribution >= 4 is 11.8 Å². The van der Waals surface area contributed by atoms with E-state index in [2.05, 4.69) is 63.5 Å². The molecule has 1 N–H and O–H groups in total. The lowest BCUT2D eigenvalue weighted by Gasteiger charge is -2.22. The topological polar surface area (TPSA) is 41.1 Å². The summed E-state index contributed by atoms with van der Waals surface area (Å²) < 4.78 is 0. The van der Waals surface area contributed by atoms with E-state index < -0.39 is 0 Å². The van der Waals surface area contributed by atoms with Gasteiger partial charge in [-0.25, -0.2) is 4.98 Å². The summed E-state index contributed by atoms with van der Waals surface area (Å²) >= 11 is 0. The SMILES string of the molecule is CCN(Cc1ccccc1)c1ccnc(NCc2ccccc2)n1. The fourth-order valence-electron chi connectivity index (χ4n) is 2.55. The second-order valence-electron chi connectivity index (χ2n) is 5.58. The molecule has 0 radical (unpaired) electrons. The molecule has 3 aromatic rings. The standard InChI is InChI=1S/C20H22N4/c1-2-24(16-18-11-7-4-8-12-18)19-13-14-21-20(23-19)22-15-17-9-5-3-6-10-17/h3-14H,2,15-16H2,1H3,(H,21,22,23). The molecule has 24 heavy (non-hydrogen) atoms. The summed E-state index contributed by atoms with van der Waals surface area (Å²) in [7, 11) is 0. The molecule has 1 heterocycles. The summed E-state index contributed by atoms with van der Waals surface area (Å²) in [6.45, 7) is 4.59. The fourth-order valence-corrected chi connectivity index (χ4v) is 2.55. The molecule has 0 aliphatic carbocycles. The first-order chi connectivity index (χ1) is 11.8. The molecule has 0 aliphatic heterocycles. The molecule has 0 atom stereocenters. The minimum Gasteiger partial charge on any atom is -0.352 e. The average Bonchev–Trinajstić information content (AvgIpc) is 2.66. The lowest BCUT2D eigenvalue weighted by molar-refractivity contribution is 0.810. The van der Waals surface area contributed by atoms with Crippen LogP contribution in [0.4, 0.5) is 11.8 Å². The zero-order valence-corrected chi connectivity index (χ0v) is 13.9. The minimum atomic E-state index is 0.655. The predicted molar refractivity (Wildman–Crippen MR) is 99.0 cm³/mol. The van der Waals surface area contributed by atoms with Gasteiger partial charge in [-0.15, -0.1) is 0 Å². The van der Waals surface area contributed by atoms with E-state index in [1.54, 1.807) is 0 Å². The molecule has 0 fully saturated rings. The summed E-state index contributed by atoms with van der Waals surface area (Å²) in [5.74, 6) is 1.59. The smallest absolute Gasteiger partial charge is 0.224 e. The second-order valence-corrected chi connectivity index (χ2v) is 5.58. The molecule has 0 spiro atoms. The molecular formula is C20H22N4. The highest BCUT2D eigenvalue weighted by atomic mass is 15.2. The van der Waals surface area contributed by atoms with E-state index in [0.29, 0.717) is 5.95 Å². The quantitative estimate of drug-likeness (QED) is 0.711. The molecule has 0 bridgehead atoms. The number of rotatable bonds is 7. The van der Waals surface area contributed by atoms with Gasteiger partial charge in [0.2, 0.25) is 5.95 Å². The Morgan fingerprint density at radius 2 is 1.54 bits per heavy atom. The van der Waals surface area contributed by atoms with Gasteiger partial charge in [0.25, 0.3) is 0 Å². The van der Waals surface area contributed by atoms with Crippen LogP contribution in [0.2, 0.25) is 0 Å². The molecule has 1 aromatic heterocycles. The zero-order chi connectivity index (χ0) is 16.6. The highest BCUT2D eigenvalue weighted by Crippen LogP contribution is 2.16. The molecule has 0 saturated carbocycles. The second kappa shape index (κ2) is 8.11. The summed E-state index contributed by atoms with van der Waals surface area (Å²) in [6, 6.07) is 22.7. The zero-order valence-electron chi connectivity index (χ0n) is 13.9. The van der Waals surface area contributed by atoms with Gasteiger partial charge in [-0.2, -0.15) is 4.98 Å². The van der Waals surface area contributed by atoms with E-state index in [1.807, 2.05) is 36.5 Å². The Hall–Kier alpha value is -2.88. The number of nitrogens with zero attached hydrogens (tertiary/aromatic N) is 3. The fraction of sp³-hybridized carbons (Fsp3) is 0.200. The highest BCUT2D eigenvalue weighted by molar-refractivity contribution is 5.43. The Morgan fingerprint density at radius 1 is 0.875 bits per heavy atom. The summed E-state index contributed by atoms with van der Waals surface area (Å²) in [5, 5.41) is 3.30. The molecule has 4 heteroatoms. The van der Waals surface area contributed by atoms with Crippen molar-refractivity contribution < 1.29 is 0 Å². The molecule has 0 aliphatic rings. The van der Waals surface area contributed by atoms with Crippen LogP contribution in [0.1, 0.15) is 18.1 Å². The van der Waals surface area contributed by atoms with E-state index >= 15 is 0 Å². The van der Waals surface area contributed by atoms with Crippen molar-refractivity contribution in [2.45, 2.75) is 20.0 Å². The van der Waals surface area contributed by atoms with Crippen LogP contribution in [-0.2, 0) is 13.1 Å². The summed E-state index contributed by atoms with van der Waals surface area (Å²) in [6.07, 6.45) is 1.81. The van der Waals surface area contributed by atoms with Crippen LogP contribution in [0.5, 0.6) is 0 Å². The van der Waals surface area contributed by atoms with Gasteiger partial charge in [-0.05, 0) is 24.1 Å². The Balaban J connectivity index is 1.69. The number of hydrogen-bond donors (Lipinski definition) is 1. The van der Waals surface area contributed by atoms with Gasteiger partial charge in [0.15, 0.2) is 0 Å². The third-order valence-electron chi connectivity index (χ3n) is 3.86. The van der Waals surface area contributed by atoms with Crippen molar-refractivity contribution in [2.75, 3.05) is 16.8 Å². The number of nitrogens with one attached hydrogen (secondary N) is 1. The monoisotopic (exact) mass is 318 g/mol. The van der Waals surface area contributed by atoms with Gasteiger partial charge in [-0.3, -0.25) is 0 Å². The van der Waals surface area contributed by atoms with E-state index in [-0.39, 0.29) is 0 Å². The first-order valence-electron chi connectivity index (χ1n) is 8.25. The van der Waals surface area contributed by atoms with Crippen molar-refractivity contribution in [1.29, 1.82) is 0 Å². The van der Waals surface area contributed by atoms with Gasteiger partial charge in [0.1, 0.15) is 5.82 Å². The van der Waals surface area contributed by atoms with Crippen molar-refractivity contribution in [3.8, 4) is 0 Å². The van der Waals surface area contributed by atoms with Gasteiger partial charge in [-0.1, -0.05) is 60.7 Å². The van der Waals surface area contributed by atoms with E-state index in [0.717, 1.165) is 25.5 Å². The number of benzene rings is 2. The van der Waals surface area contributed by atoms with E-state index in [9.17, 15) is 0 Å². The molecule has 4 nitrogen and oxygen atoms in total. The largest absolute Gasteiger partial charge is 0.352 e. The van der Waals surface area contributed by atoms with Crippen LogP contribution in [-0.4, -0.2) is 16.5 Å². The lowest BCUT2D eigenvalue weighted by atomic mass is 10.2. The number of hydrogen-bond acceptors (Lipinski definition) is 4. The van der Waals surface area contributed by atoms with Crippen LogP contribution in [0.3, 0.4) is 0 Å². The number of aromatic nitrogens is 2. The van der Waals surface area contributed by atoms with Crippen LogP contribution >= 0.6 is 0 Å². The third kappa shape index (κ3) is 4.32. The van der Waals surface area contributed by atoms with Crippen molar-refractivity contribution in [3.05, 3.63) is 84.1 Å². The van der Waals surface area contributed by atoms with Crippen molar-refractivity contribution in [1.82, 2.24) is 9.97 Å². The van der Waals surface area contributed by atoms with Crippen LogP contribution < -0.4 is 10.2 Å². The Kier molecular flexibility index (Phi) is 5.40. The molecule has 3 rings (SSSR count). The molecule has 0 saturated heterocycles. The van der Waals surface area contributed by atoms with E-state index in [4.69, 9.17) is 0 Å². The predicted octanol–water partition coefficient (Wildman–Crippen LogP) is 4.12. The Bertz CT molecular complexity index is 744. The molecule has 0 amide bonds. The summed E-state index contributed by atoms with van der Waals surface area (Å²) in [4.78, 5) is 11.2. The normalized spacial score (nSPS) is 10.4. The number of anilines is 2. The van der Waals surface area contributed by atoms with Gasteiger partial charge >= 0.3 is 0 Å². The Labute approximate surface area is 143 Å². The van der Waals surface area contributed by atoms with Gasteiger partial charge < -0.3 is 10.2 Å². The lowest BCUT2D eigenvalue weighted by Crippen LogP contribution is -2.23. The minimum absolute atomic E-state index is 0.655. The maximum Gasteiger partial charge on any atom is 0.224 e. The maximum absolute atomic E-state index is 4.66.